The van der Waals surface area contributed by atoms with Gasteiger partial charge in [0.2, 0.25) is 5.89 Å². The van der Waals surface area contributed by atoms with Gasteiger partial charge >= 0.3 is 0 Å². The number of nitrogens with zero attached hydrogens (tertiary/aromatic N) is 2. The SMILES string of the molecule is C1CC(Cc2nc(CC3CC3)no2)CN1. The average Bonchev–Trinajstić information content (AvgIpc) is 2.74. The van der Waals surface area contributed by atoms with Crippen molar-refractivity contribution < 1.29 is 4.52 Å². The Bertz CT molecular complexity index is 326. The molecule has 1 saturated heterocycles. The van der Waals surface area contributed by atoms with Gasteiger partial charge in [0.25, 0.3) is 0 Å². The Kier molecular flexibility index (Phi) is 2.44. The molecule has 4 nitrogen and oxygen atoms in total. The fourth-order valence-corrected chi connectivity index (χ4v) is 2.17. The zero-order valence-corrected chi connectivity index (χ0v) is 8.91. The van der Waals surface area contributed by atoms with Crippen LogP contribution in [-0.4, -0.2) is 23.2 Å². The van der Waals surface area contributed by atoms with Crippen LogP contribution in [0.15, 0.2) is 4.52 Å². The van der Waals surface area contributed by atoms with Crippen molar-refractivity contribution in [1.82, 2.24) is 15.5 Å². The van der Waals surface area contributed by atoms with Crippen molar-refractivity contribution in [2.24, 2.45) is 11.8 Å². The van der Waals surface area contributed by atoms with Crippen molar-refractivity contribution in [1.29, 1.82) is 0 Å². The van der Waals surface area contributed by atoms with Gasteiger partial charge in [0, 0.05) is 12.8 Å². The van der Waals surface area contributed by atoms with Crippen LogP contribution in [0.25, 0.3) is 0 Å². The van der Waals surface area contributed by atoms with E-state index in [0.717, 1.165) is 43.6 Å². The zero-order valence-electron chi connectivity index (χ0n) is 8.91. The lowest BCUT2D eigenvalue weighted by atomic mass is 10.1. The van der Waals surface area contributed by atoms with Gasteiger partial charge in [-0.25, -0.2) is 0 Å². The highest BCUT2D eigenvalue weighted by atomic mass is 16.5. The Morgan fingerprint density at radius 3 is 2.87 bits per heavy atom. The van der Waals surface area contributed by atoms with Crippen LogP contribution >= 0.6 is 0 Å². The topological polar surface area (TPSA) is 51.0 Å². The van der Waals surface area contributed by atoms with Crippen molar-refractivity contribution in [2.75, 3.05) is 13.1 Å². The van der Waals surface area contributed by atoms with Crippen LogP contribution in [0.1, 0.15) is 31.0 Å². The van der Waals surface area contributed by atoms with Gasteiger partial charge in [0.05, 0.1) is 0 Å². The molecule has 3 rings (SSSR count). The van der Waals surface area contributed by atoms with Gasteiger partial charge in [-0.2, -0.15) is 4.98 Å². The molecule has 2 heterocycles. The summed E-state index contributed by atoms with van der Waals surface area (Å²) in [5, 5.41) is 7.38. The van der Waals surface area contributed by atoms with Gasteiger partial charge in [-0.15, -0.1) is 0 Å². The predicted molar refractivity (Wildman–Crippen MR) is 55.4 cm³/mol. The minimum Gasteiger partial charge on any atom is -0.339 e. The molecule has 1 unspecified atom stereocenters. The van der Waals surface area contributed by atoms with E-state index in [2.05, 4.69) is 15.5 Å². The molecule has 1 aliphatic carbocycles. The second-order valence-electron chi connectivity index (χ2n) is 4.81. The summed E-state index contributed by atoms with van der Waals surface area (Å²) in [5.74, 6) is 3.28. The van der Waals surface area contributed by atoms with Crippen LogP contribution in [-0.2, 0) is 12.8 Å². The Balaban J connectivity index is 1.57. The fourth-order valence-electron chi connectivity index (χ4n) is 2.17. The molecule has 2 fully saturated rings. The van der Waals surface area contributed by atoms with Gasteiger partial charge in [0.15, 0.2) is 5.82 Å². The van der Waals surface area contributed by atoms with Crippen molar-refractivity contribution in [2.45, 2.75) is 32.1 Å². The first kappa shape index (κ1) is 9.33. The van der Waals surface area contributed by atoms with E-state index in [0.29, 0.717) is 5.92 Å². The van der Waals surface area contributed by atoms with E-state index < -0.39 is 0 Å². The molecule has 2 aliphatic rings. The minimum atomic E-state index is 0.694. The first-order chi connectivity index (χ1) is 7.40. The molecule has 1 aromatic heterocycles. The van der Waals surface area contributed by atoms with Gasteiger partial charge in [-0.05, 0) is 44.2 Å². The predicted octanol–water partition coefficient (Wildman–Crippen LogP) is 1.17. The molecule has 0 spiro atoms. The smallest absolute Gasteiger partial charge is 0.226 e. The highest BCUT2D eigenvalue weighted by Crippen LogP contribution is 2.31. The summed E-state index contributed by atoms with van der Waals surface area (Å²) < 4.78 is 5.27. The van der Waals surface area contributed by atoms with Crippen LogP contribution in [0.2, 0.25) is 0 Å². The van der Waals surface area contributed by atoms with E-state index in [1.165, 1.54) is 19.3 Å². The minimum absolute atomic E-state index is 0.694. The largest absolute Gasteiger partial charge is 0.339 e. The molecule has 15 heavy (non-hydrogen) atoms. The van der Waals surface area contributed by atoms with E-state index in [4.69, 9.17) is 4.52 Å². The fraction of sp³-hybridized carbons (Fsp3) is 0.818. The molecule has 1 aromatic rings. The van der Waals surface area contributed by atoms with Crippen LogP contribution in [0.5, 0.6) is 0 Å². The van der Waals surface area contributed by atoms with Gasteiger partial charge < -0.3 is 9.84 Å². The third kappa shape index (κ3) is 2.37. The molecule has 0 bridgehead atoms. The molecule has 82 valence electrons. The van der Waals surface area contributed by atoms with Gasteiger partial charge in [-0.1, -0.05) is 5.16 Å². The van der Waals surface area contributed by atoms with Crippen molar-refractivity contribution >= 4 is 0 Å². The Morgan fingerprint density at radius 2 is 2.13 bits per heavy atom. The number of aromatic nitrogens is 2. The van der Waals surface area contributed by atoms with Crippen LogP contribution < -0.4 is 5.32 Å². The highest BCUT2D eigenvalue weighted by molar-refractivity contribution is 4.93. The zero-order chi connectivity index (χ0) is 10.1. The quantitative estimate of drug-likeness (QED) is 0.805. The van der Waals surface area contributed by atoms with Gasteiger partial charge in [0.1, 0.15) is 0 Å². The second-order valence-corrected chi connectivity index (χ2v) is 4.81. The average molecular weight is 207 g/mol. The first-order valence-corrected chi connectivity index (χ1v) is 5.92. The van der Waals surface area contributed by atoms with E-state index in [9.17, 15) is 0 Å². The molecule has 1 atom stereocenters. The first-order valence-electron chi connectivity index (χ1n) is 5.92. The summed E-state index contributed by atoms with van der Waals surface area (Å²) in [6, 6.07) is 0. The van der Waals surface area contributed by atoms with Crippen molar-refractivity contribution in [3.63, 3.8) is 0 Å². The van der Waals surface area contributed by atoms with E-state index in [1.54, 1.807) is 0 Å². The van der Waals surface area contributed by atoms with E-state index in [1.807, 2.05) is 0 Å². The summed E-state index contributed by atoms with van der Waals surface area (Å²) in [5.41, 5.74) is 0. The summed E-state index contributed by atoms with van der Waals surface area (Å²) in [6.07, 6.45) is 5.89. The summed E-state index contributed by atoms with van der Waals surface area (Å²) >= 11 is 0. The maximum absolute atomic E-state index is 5.27. The Hall–Kier alpha value is -0.900. The van der Waals surface area contributed by atoms with E-state index in [-0.39, 0.29) is 0 Å². The standard InChI is InChI=1S/C11H17N3O/c1-2-8(1)5-10-13-11(15-14-10)6-9-3-4-12-7-9/h8-9,12H,1-7H2. The maximum atomic E-state index is 5.27. The number of rotatable bonds is 4. The molecule has 0 radical (unpaired) electrons. The summed E-state index contributed by atoms with van der Waals surface area (Å²) in [4.78, 5) is 4.45. The molecule has 0 aromatic carbocycles. The highest BCUT2D eigenvalue weighted by Gasteiger charge is 2.24. The maximum Gasteiger partial charge on any atom is 0.226 e. The Morgan fingerprint density at radius 1 is 1.20 bits per heavy atom. The number of nitrogens with one attached hydrogen (secondary N) is 1. The lowest BCUT2D eigenvalue weighted by Gasteiger charge is -2.01. The third-order valence-electron chi connectivity index (χ3n) is 3.30. The van der Waals surface area contributed by atoms with Crippen LogP contribution in [0, 0.1) is 11.8 Å². The second kappa shape index (κ2) is 3.93. The molecule has 1 aliphatic heterocycles. The van der Waals surface area contributed by atoms with Crippen molar-refractivity contribution in [3.8, 4) is 0 Å². The van der Waals surface area contributed by atoms with Crippen LogP contribution in [0.4, 0.5) is 0 Å². The third-order valence-corrected chi connectivity index (χ3v) is 3.30. The molecule has 0 amide bonds. The molecule has 1 N–H and O–H groups in total. The van der Waals surface area contributed by atoms with Gasteiger partial charge in [-0.3, -0.25) is 0 Å². The normalized spacial score (nSPS) is 26.0. The molecule has 4 heteroatoms. The van der Waals surface area contributed by atoms with Crippen molar-refractivity contribution in [3.05, 3.63) is 11.7 Å². The lowest BCUT2D eigenvalue weighted by Crippen LogP contribution is -2.10. The molecule has 1 saturated carbocycles. The Labute approximate surface area is 89.4 Å². The molecular formula is C11H17N3O. The number of hydrogen-bond donors (Lipinski definition) is 1. The molecular weight excluding hydrogens is 190 g/mol. The number of hydrogen-bond acceptors (Lipinski definition) is 4. The summed E-state index contributed by atoms with van der Waals surface area (Å²) in [7, 11) is 0. The lowest BCUT2D eigenvalue weighted by molar-refractivity contribution is 0.353. The van der Waals surface area contributed by atoms with E-state index >= 15 is 0 Å². The monoisotopic (exact) mass is 207 g/mol. The summed E-state index contributed by atoms with van der Waals surface area (Å²) in [6.45, 7) is 2.23. The van der Waals surface area contributed by atoms with Crippen LogP contribution in [0.3, 0.4) is 0 Å².